The average Bonchev–Trinajstić information content (AvgIpc) is 1.89. The fourth-order valence-electron chi connectivity index (χ4n) is 13.2. The third-order valence-corrected chi connectivity index (χ3v) is 67.6. The molecule has 0 spiro atoms. The van der Waals surface area contributed by atoms with Crippen LogP contribution < -0.4 is 5.56 Å². The van der Waals surface area contributed by atoms with Crippen LogP contribution in [0.3, 0.4) is 0 Å². The van der Waals surface area contributed by atoms with Crippen molar-refractivity contribution in [2.45, 2.75) is 148 Å². The first-order valence-corrected chi connectivity index (χ1v) is 47.6. The van der Waals surface area contributed by atoms with Gasteiger partial charge in [-0.3, -0.25) is 4.79 Å². The van der Waals surface area contributed by atoms with Gasteiger partial charge in [-0.2, -0.15) is 4.68 Å². The predicted molar refractivity (Wildman–Crippen MR) is 358 cm³/mol. The molecule has 434 valence electrons. The SMILES string of the molecule is CC(C)([CH2][Sn]([CH2]C(C)(C)c1ccccc1)([CH2]C(C)(C)c1ccccc1)[O][Sn]([CH2]C(C)(C)c1ccccc1)([CH2]C(C)(C)c1ccccc1)[CH2]C(C)(C)c1ccccc1)c1ccccc1.COP(=S)(OC)SCn1nnc2ccccc2c1=O. The zero-order chi connectivity index (χ0) is 59.5. The maximum absolute atomic E-state index is 12.2. The molecule has 7 nitrogen and oxygen atoms in total. The van der Waals surface area contributed by atoms with Crippen LogP contribution in [-0.4, -0.2) is 66.8 Å². The number of hydrogen-bond donors (Lipinski definition) is 0. The predicted octanol–water partition coefficient (Wildman–Crippen LogP) is 18.8. The van der Waals surface area contributed by atoms with Gasteiger partial charge in [0.2, 0.25) is 5.69 Å². The molecule has 0 aliphatic rings. The molecule has 1 aromatic heterocycles. The quantitative estimate of drug-likeness (QED) is 0.0414. The molecule has 0 N–H and O–H groups in total. The van der Waals surface area contributed by atoms with Crippen LogP contribution in [0.15, 0.2) is 211 Å². The second-order valence-corrected chi connectivity index (χ2v) is 57.1. The molecule has 12 heteroatoms. The van der Waals surface area contributed by atoms with Crippen molar-refractivity contribution in [2.75, 3.05) is 14.2 Å². The third-order valence-electron chi connectivity index (χ3n) is 16.8. The van der Waals surface area contributed by atoms with Crippen LogP contribution in [0.5, 0.6) is 0 Å². The molecule has 0 saturated carbocycles. The van der Waals surface area contributed by atoms with Crippen molar-refractivity contribution in [3.05, 3.63) is 250 Å². The average molecular weight is 1370 g/mol. The normalized spacial score (nSPS) is 13.1. The van der Waals surface area contributed by atoms with Gasteiger partial charge in [0.15, 0.2) is 0 Å². The molecule has 0 saturated heterocycles. The smallest absolute Gasteiger partial charge is 0.278 e. The molecule has 0 unspecified atom stereocenters. The molecule has 0 atom stereocenters. The molecule has 8 aromatic rings. The molecule has 1 heterocycles. The molecule has 0 fully saturated rings. The van der Waals surface area contributed by atoms with E-state index in [2.05, 4.69) is 275 Å². The number of aromatic nitrogens is 3. The molecule has 7 aromatic carbocycles. The van der Waals surface area contributed by atoms with Crippen molar-refractivity contribution in [2.24, 2.45) is 0 Å². The van der Waals surface area contributed by atoms with E-state index in [-0.39, 0.29) is 43.9 Å². The Morgan fingerprint density at radius 1 is 0.415 bits per heavy atom. The summed E-state index contributed by atoms with van der Waals surface area (Å²) in [5.74, 6) is 0.246. The zero-order valence-corrected chi connectivity index (χ0v) is 59.6. The Morgan fingerprint density at radius 3 is 0.915 bits per heavy atom. The Kier molecular flexibility index (Phi) is 22.1. The summed E-state index contributed by atoms with van der Waals surface area (Å²) in [6, 6.07) is 75.6. The summed E-state index contributed by atoms with van der Waals surface area (Å²) in [6.45, 7) is 30.4. The van der Waals surface area contributed by atoms with Crippen LogP contribution >= 0.6 is 17.1 Å². The number of nitrogens with zero attached hydrogens (tertiary/aromatic N) is 3. The topological polar surface area (TPSA) is 75.5 Å². The van der Waals surface area contributed by atoms with E-state index in [1.165, 1.54) is 63.7 Å². The van der Waals surface area contributed by atoms with E-state index in [0.717, 1.165) is 26.6 Å². The Balaban J connectivity index is 0.000000429. The number of rotatable bonds is 25. The largest absolute Gasteiger partial charge is 0.325 e. The number of hydrogen-bond acceptors (Lipinski definition) is 8. The Morgan fingerprint density at radius 2 is 0.659 bits per heavy atom. The third kappa shape index (κ3) is 17.2. The van der Waals surface area contributed by atoms with Gasteiger partial charge in [0, 0.05) is 14.2 Å². The van der Waals surface area contributed by atoms with Crippen molar-refractivity contribution >= 4 is 77.4 Å². The molecule has 82 heavy (non-hydrogen) atoms. The van der Waals surface area contributed by atoms with E-state index in [4.69, 9.17) is 20.9 Å². The summed E-state index contributed by atoms with van der Waals surface area (Å²) in [5.41, 5.74) is 5.95. The minimum atomic E-state index is -4.11. The van der Waals surface area contributed by atoms with E-state index < -0.39 is 43.3 Å². The van der Waals surface area contributed by atoms with Gasteiger partial charge in [0.1, 0.15) is 11.4 Å². The summed E-state index contributed by atoms with van der Waals surface area (Å²) in [7, 11) is 2.98. The molecular weight excluding hydrogens is 1280 g/mol. The van der Waals surface area contributed by atoms with Gasteiger partial charge in [-0.1, -0.05) is 17.3 Å². The van der Waals surface area contributed by atoms with Gasteiger partial charge in [0.25, 0.3) is 5.56 Å². The first-order chi connectivity index (χ1) is 38.7. The van der Waals surface area contributed by atoms with Crippen molar-refractivity contribution < 1.29 is 10.5 Å². The van der Waals surface area contributed by atoms with Crippen LogP contribution in [0, 0.1) is 0 Å². The second kappa shape index (κ2) is 27.6. The van der Waals surface area contributed by atoms with Crippen molar-refractivity contribution in [3.63, 3.8) is 0 Å². The fraction of sp³-hybridized carbons (Fsp3) is 0.386. The summed E-state index contributed by atoms with van der Waals surface area (Å²) in [6.07, 6.45) is 0. The van der Waals surface area contributed by atoms with Crippen molar-refractivity contribution in [1.82, 2.24) is 15.0 Å². The molecule has 0 radical (unpaired) electrons. The van der Waals surface area contributed by atoms with Crippen LogP contribution in [0.25, 0.3) is 10.9 Å². The zero-order valence-electron chi connectivity index (χ0n) is 51.3. The minimum absolute atomic E-state index is 0.0900. The Labute approximate surface area is 510 Å². The number of fused-ring (bicyclic) bond motifs is 1. The Hall–Kier alpha value is -3.91. The van der Waals surface area contributed by atoms with Crippen molar-refractivity contribution in [3.8, 4) is 0 Å². The van der Waals surface area contributed by atoms with E-state index in [0.29, 0.717) is 10.9 Å². The molecule has 0 bridgehead atoms. The molecular formula is C70H90N3O4PS2Sn2. The minimum Gasteiger partial charge on any atom is -0.325 e. The van der Waals surface area contributed by atoms with Crippen molar-refractivity contribution in [1.29, 1.82) is 0 Å². The van der Waals surface area contributed by atoms with Gasteiger partial charge in [0.05, 0.1) is 5.39 Å². The summed E-state index contributed by atoms with van der Waals surface area (Å²) in [4.78, 5) is 12.2. The van der Waals surface area contributed by atoms with E-state index in [9.17, 15) is 6.21 Å². The standard InChI is InChI=1S/C10H12N3O3PS2.6C10H13.O.2Sn/c1-15-17(18,16-2)19-7-13-10(14)8-5-3-4-6-9(8)11-12-13;6*1-10(2,3)9-7-5-4-6-8-9;;;/h3-6H,7H2,1-2H3;6*4-8H,1H2,2-3H3;;;. The van der Waals surface area contributed by atoms with E-state index in [1.54, 1.807) is 18.2 Å². The summed E-state index contributed by atoms with van der Waals surface area (Å²) < 4.78 is 27.6. The first kappa shape index (κ1) is 65.6. The van der Waals surface area contributed by atoms with Gasteiger partial charge in [-0.15, -0.1) is 5.10 Å². The molecule has 8 rings (SSSR count). The van der Waals surface area contributed by atoms with E-state index >= 15 is 0 Å². The summed E-state index contributed by atoms with van der Waals surface area (Å²) in [5, 5.41) is 8.39. The van der Waals surface area contributed by atoms with Gasteiger partial charge in [-0.05, 0) is 35.3 Å². The maximum Gasteiger partial charge on any atom is 0.278 e. The van der Waals surface area contributed by atoms with Crippen LogP contribution in [-0.2, 0) is 60.6 Å². The molecule has 0 aliphatic carbocycles. The van der Waals surface area contributed by atoms with Gasteiger partial charge in [-0.25, -0.2) is 0 Å². The maximum atomic E-state index is 12.2. The van der Waals surface area contributed by atoms with Crippen LogP contribution in [0.4, 0.5) is 0 Å². The molecule has 0 aliphatic heterocycles. The Bertz CT molecular complexity index is 2950. The van der Waals surface area contributed by atoms with Gasteiger partial charge >= 0.3 is 397 Å². The molecule has 0 amide bonds. The van der Waals surface area contributed by atoms with Crippen LogP contribution in [0.2, 0.25) is 26.6 Å². The number of benzene rings is 7. The second-order valence-electron chi connectivity index (χ2n) is 26.5. The monoisotopic (exact) mass is 1370 g/mol. The van der Waals surface area contributed by atoms with E-state index in [1.807, 2.05) is 6.07 Å². The van der Waals surface area contributed by atoms with Crippen LogP contribution in [0.1, 0.15) is 116 Å². The first-order valence-electron chi connectivity index (χ1n) is 28.9. The van der Waals surface area contributed by atoms with Gasteiger partial charge < -0.3 is 9.05 Å². The summed E-state index contributed by atoms with van der Waals surface area (Å²) >= 11 is -1.78. The fourth-order valence-corrected chi connectivity index (χ4v) is 78.8.